The summed E-state index contributed by atoms with van der Waals surface area (Å²) in [5.41, 5.74) is -2.46. The van der Waals surface area contributed by atoms with Gasteiger partial charge in [0, 0.05) is 0 Å². The van der Waals surface area contributed by atoms with Crippen LogP contribution in [0.25, 0.3) is 0 Å². The summed E-state index contributed by atoms with van der Waals surface area (Å²) in [4.78, 5) is 34.4. The molecule has 21 heavy (non-hydrogen) atoms. The number of imide groups is 1. The van der Waals surface area contributed by atoms with Crippen molar-refractivity contribution in [2.45, 2.75) is 18.5 Å². The average Bonchev–Trinajstić information content (AvgIpc) is 2.49. The van der Waals surface area contributed by atoms with Crippen LogP contribution in [0.1, 0.15) is 5.56 Å². The van der Waals surface area contributed by atoms with Crippen molar-refractivity contribution in [2.24, 2.45) is 0 Å². The van der Waals surface area contributed by atoms with E-state index in [-0.39, 0.29) is 6.61 Å². The minimum atomic E-state index is -3.14. The number of ether oxygens (including phenoxy) is 2. The Hall–Kier alpha value is -2.48. The molecule has 8 heteroatoms. The maximum atomic E-state index is 14.7. The number of rotatable bonds is 4. The average molecular weight is 296 g/mol. The van der Waals surface area contributed by atoms with E-state index in [9.17, 15) is 18.8 Å². The number of carbonyl (C=O) groups is 3. The quantitative estimate of drug-likeness (QED) is 0.613. The molecule has 1 aliphatic heterocycles. The van der Waals surface area contributed by atoms with Crippen LogP contribution in [0, 0.1) is 0 Å². The number of alkyl halides is 1. The molecule has 7 nitrogen and oxygen atoms in total. The number of esters is 1. The molecule has 1 aromatic rings. The van der Waals surface area contributed by atoms with E-state index in [0.717, 1.165) is 7.11 Å². The summed E-state index contributed by atoms with van der Waals surface area (Å²) in [5, 5.41) is 3.72. The second-order valence-corrected chi connectivity index (χ2v) is 4.31. The lowest BCUT2D eigenvalue weighted by atomic mass is 10.0. The molecule has 3 amide bonds. The normalized spacial score (nSPS) is 25.0. The van der Waals surface area contributed by atoms with Crippen LogP contribution >= 0.6 is 0 Å². The molecule has 2 unspecified atom stereocenters. The number of halogens is 1. The third kappa shape index (κ3) is 2.84. The summed E-state index contributed by atoms with van der Waals surface area (Å²) >= 11 is 0. The lowest BCUT2D eigenvalue weighted by Gasteiger charge is -2.34. The van der Waals surface area contributed by atoms with Crippen molar-refractivity contribution in [2.75, 3.05) is 7.11 Å². The number of hydrogen-bond donors (Lipinski definition) is 2. The minimum absolute atomic E-state index is 0.0955. The van der Waals surface area contributed by atoms with Crippen LogP contribution in [-0.4, -0.2) is 36.9 Å². The van der Waals surface area contributed by atoms with E-state index in [0.29, 0.717) is 5.56 Å². The molecule has 0 saturated carbocycles. The molecule has 1 aliphatic rings. The van der Waals surface area contributed by atoms with Crippen molar-refractivity contribution < 1.29 is 28.2 Å². The van der Waals surface area contributed by atoms with Crippen molar-refractivity contribution in [3.05, 3.63) is 35.9 Å². The monoisotopic (exact) mass is 296 g/mol. The Bertz CT molecular complexity index is 565. The van der Waals surface area contributed by atoms with Gasteiger partial charge in [-0.1, -0.05) is 30.3 Å². The van der Waals surface area contributed by atoms with Gasteiger partial charge in [-0.3, -0.25) is 10.1 Å². The van der Waals surface area contributed by atoms with Crippen LogP contribution in [0.3, 0.4) is 0 Å². The fraction of sp³-hybridized carbons (Fsp3) is 0.308. The third-order valence-electron chi connectivity index (χ3n) is 2.92. The smallest absolute Gasteiger partial charge is 0.358 e. The molecule has 112 valence electrons. The summed E-state index contributed by atoms with van der Waals surface area (Å²) in [7, 11) is 0.932. The second-order valence-electron chi connectivity index (χ2n) is 4.31. The van der Waals surface area contributed by atoms with E-state index in [1.807, 2.05) is 0 Å². The molecule has 2 N–H and O–H groups in total. The Balaban J connectivity index is 2.18. The lowest BCUT2D eigenvalue weighted by molar-refractivity contribution is -0.178. The number of amides is 3. The summed E-state index contributed by atoms with van der Waals surface area (Å²) in [6.07, 6.45) is -1.77. The lowest BCUT2D eigenvalue weighted by Crippen LogP contribution is -2.70. The number of methoxy groups -OCH3 is 1. The van der Waals surface area contributed by atoms with E-state index in [1.165, 1.54) is 0 Å². The van der Waals surface area contributed by atoms with Crippen molar-refractivity contribution >= 4 is 17.9 Å². The van der Waals surface area contributed by atoms with Gasteiger partial charge in [-0.25, -0.2) is 14.0 Å². The Kier molecular flexibility index (Phi) is 4.18. The topological polar surface area (TPSA) is 93.7 Å². The van der Waals surface area contributed by atoms with E-state index in [1.54, 1.807) is 35.6 Å². The van der Waals surface area contributed by atoms with Crippen molar-refractivity contribution in [3.8, 4) is 0 Å². The van der Waals surface area contributed by atoms with Crippen molar-refractivity contribution in [1.29, 1.82) is 0 Å². The van der Waals surface area contributed by atoms with Crippen LogP contribution in [0.4, 0.5) is 9.18 Å². The highest BCUT2D eigenvalue weighted by Crippen LogP contribution is 2.24. The number of carbonyl (C=O) groups excluding carboxylic acids is 3. The van der Waals surface area contributed by atoms with E-state index in [4.69, 9.17) is 4.74 Å². The zero-order chi connectivity index (χ0) is 15.5. The molecule has 2 atom stereocenters. The maximum absolute atomic E-state index is 14.7. The van der Waals surface area contributed by atoms with Gasteiger partial charge in [0.2, 0.25) is 0 Å². The predicted octanol–water partition coefficient (Wildman–Crippen LogP) is 0.250. The van der Waals surface area contributed by atoms with Crippen LogP contribution < -0.4 is 10.6 Å². The van der Waals surface area contributed by atoms with Gasteiger partial charge in [-0.2, -0.15) is 0 Å². The summed E-state index contributed by atoms with van der Waals surface area (Å²) in [6, 6.07) is 7.75. The highest BCUT2D eigenvalue weighted by molar-refractivity contribution is 6.13. The second kappa shape index (κ2) is 5.88. The molecule has 0 radical (unpaired) electrons. The molecule has 1 aromatic carbocycles. The van der Waals surface area contributed by atoms with Crippen LogP contribution in [0.5, 0.6) is 0 Å². The van der Waals surface area contributed by atoms with E-state index < -0.39 is 29.8 Å². The first-order valence-corrected chi connectivity index (χ1v) is 6.03. The Morgan fingerprint density at radius 1 is 1.33 bits per heavy atom. The highest BCUT2D eigenvalue weighted by Gasteiger charge is 2.59. The standard InChI is InChI=1S/C13H13FN2O5/c1-20-11(18)13(14)9(17)15-12(19)16-10(13)21-7-8-5-3-2-4-6-8/h2-6,10H,7H2,1H3,(H2,15,16,17,19). The minimum Gasteiger partial charge on any atom is -0.466 e. The number of urea groups is 1. The van der Waals surface area contributed by atoms with Gasteiger partial charge in [0.15, 0.2) is 6.23 Å². The van der Waals surface area contributed by atoms with Gasteiger partial charge in [-0.15, -0.1) is 0 Å². The SMILES string of the molecule is COC(=O)C1(F)C(=O)NC(=O)NC1OCc1ccccc1. The molecule has 0 aromatic heterocycles. The van der Waals surface area contributed by atoms with E-state index >= 15 is 0 Å². The van der Waals surface area contributed by atoms with Crippen LogP contribution in [-0.2, 0) is 25.7 Å². The largest absolute Gasteiger partial charge is 0.466 e. The van der Waals surface area contributed by atoms with Gasteiger partial charge in [0.1, 0.15) is 0 Å². The Morgan fingerprint density at radius 3 is 2.62 bits per heavy atom. The first kappa shape index (κ1) is 14.9. The van der Waals surface area contributed by atoms with Crippen LogP contribution in [0.15, 0.2) is 30.3 Å². The van der Waals surface area contributed by atoms with Crippen molar-refractivity contribution in [3.63, 3.8) is 0 Å². The molecule has 0 bridgehead atoms. The fourth-order valence-corrected chi connectivity index (χ4v) is 1.83. The molecular weight excluding hydrogens is 283 g/mol. The highest BCUT2D eigenvalue weighted by atomic mass is 19.1. The third-order valence-corrected chi connectivity index (χ3v) is 2.92. The zero-order valence-electron chi connectivity index (χ0n) is 11.1. The summed E-state index contributed by atoms with van der Waals surface area (Å²) in [6.45, 7) is -0.0955. The first-order valence-electron chi connectivity index (χ1n) is 6.03. The number of benzene rings is 1. The van der Waals surface area contributed by atoms with Crippen molar-refractivity contribution in [1.82, 2.24) is 10.6 Å². The molecule has 0 spiro atoms. The fourth-order valence-electron chi connectivity index (χ4n) is 1.83. The van der Waals surface area contributed by atoms with Gasteiger partial charge < -0.3 is 14.8 Å². The van der Waals surface area contributed by atoms with Gasteiger partial charge in [-0.05, 0) is 5.56 Å². The maximum Gasteiger partial charge on any atom is 0.358 e. The first-order chi connectivity index (χ1) is 9.98. The van der Waals surface area contributed by atoms with Crippen LogP contribution in [0.2, 0.25) is 0 Å². The van der Waals surface area contributed by atoms with Gasteiger partial charge in [0.05, 0.1) is 13.7 Å². The molecule has 1 heterocycles. The van der Waals surface area contributed by atoms with Gasteiger partial charge in [0.25, 0.3) is 5.91 Å². The summed E-state index contributed by atoms with van der Waals surface area (Å²) in [5.74, 6) is -2.87. The molecule has 1 fully saturated rings. The number of hydrogen-bond acceptors (Lipinski definition) is 5. The molecular formula is C13H13FN2O5. The predicted molar refractivity (Wildman–Crippen MR) is 67.5 cm³/mol. The molecule has 1 saturated heterocycles. The Morgan fingerprint density at radius 2 is 2.00 bits per heavy atom. The Labute approximate surface area is 119 Å². The zero-order valence-corrected chi connectivity index (χ0v) is 11.1. The molecule has 0 aliphatic carbocycles. The molecule has 2 rings (SSSR count). The van der Waals surface area contributed by atoms with Gasteiger partial charge >= 0.3 is 17.7 Å². The number of nitrogens with one attached hydrogen (secondary N) is 2. The summed E-state index contributed by atoms with van der Waals surface area (Å²) < 4.78 is 24.1. The van der Waals surface area contributed by atoms with E-state index in [2.05, 4.69) is 10.1 Å².